The lowest BCUT2D eigenvalue weighted by atomic mass is 10.1. The molecule has 1 aliphatic heterocycles. The van der Waals surface area contributed by atoms with E-state index in [4.69, 9.17) is 10.5 Å². The third-order valence-electron chi connectivity index (χ3n) is 4.06. The second-order valence-corrected chi connectivity index (χ2v) is 5.43. The van der Waals surface area contributed by atoms with Crippen LogP contribution in [0.2, 0.25) is 0 Å². The normalized spacial score (nSPS) is 17.7. The maximum atomic E-state index is 6.17. The Morgan fingerprint density at radius 2 is 2.10 bits per heavy atom. The number of hydrogen-bond donors (Lipinski definition) is 1. The molecule has 1 aromatic heterocycles. The molecule has 20 heavy (non-hydrogen) atoms. The van der Waals surface area contributed by atoms with Gasteiger partial charge in [0.05, 0.1) is 12.1 Å². The van der Waals surface area contributed by atoms with E-state index in [1.807, 2.05) is 19.1 Å². The summed E-state index contributed by atoms with van der Waals surface area (Å²) >= 11 is 0. The van der Waals surface area contributed by atoms with Gasteiger partial charge in [0, 0.05) is 6.04 Å². The first-order valence-electron chi connectivity index (χ1n) is 7.28. The predicted octanol–water partition coefficient (Wildman–Crippen LogP) is 2.28. The van der Waals surface area contributed by atoms with Crippen molar-refractivity contribution in [2.75, 3.05) is 32.5 Å². The summed E-state index contributed by atoms with van der Waals surface area (Å²) in [7, 11) is 2.17. The van der Waals surface area contributed by atoms with E-state index >= 15 is 0 Å². The fraction of sp³-hybridized carbons (Fsp3) is 0.533. The zero-order valence-electron chi connectivity index (χ0n) is 12.2. The third kappa shape index (κ3) is 2.22. The molecule has 0 atom stereocenters. The molecule has 0 aliphatic carbocycles. The summed E-state index contributed by atoms with van der Waals surface area (Å²) in [4.78, 5) is 6.89. The molecule has 0 unspecified atom stereocenters. The number of para-hydroxylation sites is 1. The van der Waals surface area contributed by atoms with Crippen molar-refractivity contribution in [2.24, 2.45) is 0 Å². The van der Waals surface area contributed by atoms with Crippen LogP contribution in [0.5, 0.6) is 5.75 Å². The first-order valence-corrected chi connectivity index (χ1v) is 7.28. The van der Waals surface area contributed by atoms with Gasteiger partial charge in [-0.05, 0) is 52.0 Å². The highest BCUT2D eigenvalue weighted by atomic mass is 16.5. The van der Waals surface area contributed by atoms with Gasteiger partial charge in [0.2, 0.25) is 5.95 Å². The number of fused-ring (bicyclic) bond motifs is 1. The molecule has 1 saturated heterocycles. The molecular weight excluding hydrogens is 252 g/mol. The Balaban J connectivity index is 2.02. The minimum absolute atomic E-state index is 0.438. The summed E-state index contributed by atoms with van der Waals surface area (Å²) < 4.78 is 7.84. The van der Waals surface area contributed by atoms with Crippen molar-refractivity contribution in [1.82, 2.24) is 14.5 Å². The molecule has 5 heteroatoms. The minimum Gasteiger partial charge on any atom is -0.492 e. The number of nitrogen functional groups attached to an aromatic ring is 1. The fourth-order valence-electron chi connectivity index (χ4n) is 3.02. The first kappa shape index (κ1) is 13.2. The van der Waals surface area contributed by atoms with Crippen LogP contribution in [-0.2, 0) is 0 Å². The lowest BCUT2D eigenvalue weighted by Gasteiger charge is -2.30. The number of anilines is 1. The van der Waals surface area contributed by atoms with Crippen LogP contribution in [0.1, 0.15) is 25.8 Å². The van der Waals surface area contributed by atoms with Crippen LogP contribution in [0.15, 0.2) is 18.2 Å². The van der Waals surface area contributed by atoms with Gasteiger partial charge in [0.25, 0.3) is 0 Å². The maximum Gasteiger partial charge on any atom is 0.201 e. The second kappa shape index (κ2) is 5.32. The van der Waals surface area contributed by atoms with E-state index in [0.29, 0.717) is 18.6 Å². The summed E-state index contributed by atoms with van der Waals surface area (Å²) in [5, 5.41) is 0. The molecule has 1 fully saturated rings. The highest BCUT2D eigenvalue weighted by molar-refractivity contribution is 5.84. The monoisotopic (exact) mass is 274 g/mol. The summed E-state index contributed by atoms with van der Waals surface area (Å²) in [6, 6.07) is 6.49. The number of rotatable bonds is 3. The van der Waals surface area contributed by atoms with Crippen LogP contribution in [0.25, 0.3) is 11.0 Å². The molecule has 0 spiro atoms. The smallest absolute Gasteiger partial charge is 0.201 e. The van der Waals surface area contributed by atoms with Gasteiger partial charge in [-0.1, -0.05) is 6.07 Å². The SMILES string of the molecule is CCOc1cccc2c1nc(N)n2C1CCN(C)CC1. The Kier molecular flexibility index (Phi) is 3.53. The summed E-state index contributed by atoms with van der Waals surface area (Å²) in [5.74, 6) is 1.42. The number of aromatic nitrogens is 2. The zero-order chi connectivity index (χ0) is 14.1. The fourth-order valence-corrected chi connectivity index (χ4v) is 3.02. The van der Waals surface area contributed by atoms with Gasteiger partial charge in [-0.25, -0.2) is 4.98 Å². The van der Waals surface area contributed by atoms with E-state index in [9.17, 15) is 0 Å². The Morgan fingerprint density at radius 3 is 2.80 bits per heavy atom. The predicted molar refractivity (Wildman–Crippen MR) is 81.1 cm³/mol. The minimum atomic E-state index is 0.438. The van der Waals surface area contributed by atoms with Gasteiger partial charge in [-0.3, -0.25) is 0 Å². The molecule has 1 aromatic carbocycles. The zero-order valence-corrected chi connectivity index (χ0v) is 12.2. The van der Waals surface area contributed by atoms with E-state index in [1.165, 1.54) is 0 Å². The number of imidazole rings is 1. The molecule has 2 aromatic rings. The van der Waals surface area contributed by atoms with E-state index in [1.54, 1.807) is 0 Å². The molecule has 0 amide bonds. The van der Waals surface area contributed by atoms with Crippen molar-refractivity contribution in [1.29, 1.82) is 0 Å². The topological polar surface area (TPSA) is 56.3 Å². The number of benzene rings is 1. The van der Waals surface area contributed by atoms with E-state index in [2.05, 4.69) is 27.6 Å². The van der Waals surface area contributed by atoms with Gasteiger partial charge in [-0.2, -0.15) is 0 Å². The molecule has 108 valence electrons. The van der Waals surface area contributed by atoms with Crippen LogP contribution in [0.3, 0.4) is 0 Å². The molecule has 1 aliphatic rings. The largest absolute Gasteiger partial charge is 0.492 e. The Hall–Kier alpha value is -1.75. The quantitative estimate of drug-likeness (QED) is 0.933. The third-order valence-corrected chi connectivity index (χ3v) is 4.06. The lowest BCUT2D eigenvalue weighted by Crippen LogP contribution is -2.31. The van der Waals surface area contributed by atoms with Gasteiger partial charge < -0.3 is 19.9 Å². The molecular formula is C15H22N4O. The average Bonchev–Trinajstić information content (AvgIpc) is 2.78. The molecule has 3 rings (SSSR count). The first-order chi connectivity index (χ1) is 9.70. The summed E-state index contributed by atoms with van der Waals surface area (Å²) in [5.41, 5.74) is 8.13. The molecule has 2 N–H and O–H groups in total. The van der Waals surface area contributed by atoms with E-state index in [0.717, 1.165) is 42.7 Å². The summed E-state index contributed by atoms with van der Waals surface area (Å²) in [6.07, 6.45) is 2.23. The molecule has 5 nitrogen and oxygen atoms in total. The van der Waals surface area contributed by atoms with Crippen molar-refractivity contribution < 1.29 is 4.74 Å². The van der Waals surface area contributed by atoms with Gasteiger partial charge in [0.1, 0.15) is 11.3 Å². The number of ether oxygens (including phenoxy) is 1. The maximum absolute atomic E-state index is 6.17. The Labute approximate surface area is 119 Å². The standard InChI is InChI=1S/C15H22N4O/c1-3-20-13-6-4-5-12-14(13)17-15(16)19(12)11-7-9-18(2)10-8-11/h4-6,11H,3,7-10H2,1-2H3,(H2,16,17). The average molecular weight is 274 g/mol. The van der Waals surface area contributed by atoms with Crippen molar-refractivity contribution in [3.05, 3.63) is 18.2 Å². The van der Waals surface area contributed by atoms with Crippen LogP contribution in [-0.4, -0.2) is 41.2 Å². The number of nitrogens with two attached hydrogens (primary N) is 1. The molecule has 2 heterocycles. The van der Waals surface area contributed by atoms with Gasteiger partial charge >= 0.3 is 0 Å². The molecule has 0 radical (unpaired) electrons. The van der Waals surface area contributed by atoms with Gasteiger partial charge in [-0.15, -0.1) is 0 Å². The summed E-state index contributed by atoms with van der Waals surface area (Å²) in [6.45, 7) is 4.83. The van der Waals surface area contributed by atoms with Crippen LogP contribution in [0.4, 0.5) is 5.95 Å². The van der Waals surface area contributed by atoms with Gasteiger partial charge in [0.15, 0.2) is 0 Å². The van der Waals surface area contributed by atoms with Crippen molar-refractivity contribution in [3.63, 3.8) is 0 Å². The lowest BCUT2D eigenvalue weighted by molar-refractivity contribution is 0.225. The number of likely N-dealkylation sites (tertiary alicyclic amines) is 1. The highest BCUT2D eigenvalue weighted by Crippen LogP contribution is 2.33. The second-order valence-electron chi connectivity index (χ2n) is 5.43. The number of nitrogens with zero attached hydrogens (tertiary/aromatic N) is 3. The van der Waals surface area contributed by atoms with Crippen LogP contribution in [0, 0.1) is 0 Å². The Morgan fingerprint density at radius 1 is 1.35 bits per heavy atom. The number of hydrogen-bond acceptors (Lipinski definition) is 4. The number of piperidine rings is 1. The van der Waals surface area contributed by atoms with Crippen molar-refractivity contribution in [2.45, 2.75) is 25.8 Å². The van der Waals surface area contributed by atoms with Crippen molar-refractivity contribution in [3.8, 4) is 5.75 Å². The molecule has 0 saturated carbocycles. The highest BCUT2D eigenvalue weighted by Gasteiger charge is 2.23. The Bertz CT molecular complexity index is 599. The molecule has 0 bridgehead atoms. The van der Waals surface area contributed by atoms with Crippen molar-refractivity contribution >= 4 is 17.0 Å². The van der Waals surface area contributed by atoms with Crippen LogP contribution < -0.4 is 10.5 Å². The van der Waals surface area contributed by atoms with E-state index in [-0.39, 0.29) is 0 Å². The van der Waals surface area contributed by atoms with E-state index < -0.39 is 0 Å². The van der Waals surface area contributed by atoms with Crippen LogP contribution >= 0.6 is 0 Å².